The lowest BCUT2D eigenvalue weighted by Crippen LogP contribution is -2.30. The van der Waals surface area contributed by atoms with Gasteiger partial charge in [-0.15, -0.1) is 0 Å². The molecule has 17 nitrogen and oxygen atoms in total. The van der Waals surface area contributed by atoms with E-state index in [1.165, 1.54) is 212 Å². The Hall–Kier alpha value is -1.94. The van der Waals surface area contributed by atoms with Crippen molar-refractivity contribution in [2.45, 2.75) is 426 Å². The van der Waals surface area contributed by atoms with Crippen LogP contribution in [0.3, 0.4) is 0 Å². The average Bonchev–Trinajstić information content (AvgIpc) is 2.52. The van der Waals surface area contributed by atoms with Gasteiger partial charge >= 0.3 is 39.5 Å². The van der Waals surface area contributed by atoms with Crippen LogP contribution in [0.2, 0.25) is 0 Å². The molecule has 0 fully saturated rings. The van der Waals surface area contributed by atoms with Crippen molar-refractivity contribution >= 4 is 39.5 Å². The summed E-state index contributed by atoms with van der Waals surface area (Å²) in [6.07, 6.45) is 56.9. The summed E-state index contributed by atoms with van der Waals surface area (Å²) in [5.74, 6) is 0.213. The quantitative estimate of drug-likeness (QED) is 0.0222. The Morgan fingerprint density at radius 3 is 0.776 bits per heavy atom. The fraction of sp³-hybridized carbons (Fsp3) is 0.949. The van der Waals surface area contributed by atoms with Crippen LogP contribution in [0.1, 0.15) is 408 Å². The molecule has 0 bridgehead atoms. The maximum Gasteiger partial charge on any atom is 0.472 e. The molecular weight excluding hydrogens is 1280 g/mol. The van der Waals surface area contributed by atoms with Crippen LogP contribution < -0.4 is 0 Å². The zero-order chi connectivity index (χ0) is 72.3. The molecular formula is C79H154O17P2. The molecule has 0 aliphatic heterocycles. The number of carbonyl (C=O) groups is 4. The number of aliphatic hydroxyl groups excluding tert-OH is 1. The molecule has 98 heavy (non-hydrogen) atoms. The summed E-state index contributed by atoms with van der Waals surface area (Å²) in [5.41, 5.74) is 0. The van der Waals surface area contributed by atoms with Crippen molar-refractivity contribution in [1.82, 2.24) is 0 Å². The summed E-state index contributed by atoms with van der Waals surface area (Å²) in [7, 11) is -9.92. The molecule has 0 saturated carbocycles. The van der Waals surface area contributed by atoms with Gasteiger partial charge in [0, 0.05) is 25.7 Å². The number of esters is 4. The maximum atomic E-state index is 13.1. The minimum absolute atomic E-state index is 0.105. The van der Waals surface area contributed by atoms with Crippen molar-refractivity contribution in [3.05, 3.63) is 0 Å². The number of rotatable bonds is 77. The van der Waals surface area contributed by atoms with Gasteiger partial charge in [-0.3, -0.25) is 37.3 Å². The summed E-state index contributed by atoms with van der Waals surface area (Å²) in [6, 6.07) is 0. The van der Waals surface area contributed by atoms with Crippen molar-refractivity contribution in [3.8, 4) is 0 Å². The van der Waals surface area contributed by atoms with E-state index in [2.05, 4.69) is 48.5 Å². The maximum absolute atomic E-state index is 13.1. The van der Waals surface area contributed by atoms with Crippen molar-refractivity contribution in [1.29, 1.82) is 0 Å². The first-order valence-corrected chi connectivity index (χ1v) is 43.9. The number of ether oxygens (including phenoxy) is 4. The smallest absolute Gasteiger partial charge is 0.462 e. The summed E-state index contributed by atoms with van der Waals surface area (Å²) in [5, 5.41) is 10.6. The van der Waals surface area contributed by atoms with Crippen molar-refractivity contribution in [3.63, 3.8) is 0 Å². The highest BCUT2D eigenvalue weighted by Gasteiger charge is 2.30. The van der Waals surface area contributed by atoms with Gasteiger partial charge in [0.25, 0.3) is 0 Å². The van der Waals surface area contributed by atoms with Gasteiger partial charge in [-0.05, 0) is 43.4 Å². The zero-order valence-electron chi connectivity index (χ0n) is 64.3. The molecule has 582 valence electrons. The van der Waals surface area contributed by atoms with E-state index < -0.39 is 97.5 Å². The van der Waals surface area contributed by atoms with Crippen molar-refractivity contribution in [2.75, 3.05) is 39.6 Å². The molecule has 0 aromatic heterocycles. The van der Waals surface area contributed by atoms with Crippen LogP contribution in [0.4, 0.5) is 0 Å². The fourth-order valence-electron chi connectivity index (χ4n) is 12.1. The standard InChI is InChI=1S/C79H154O17P2/c1-8-11-12-13-14-15-16-17-18-19-20-24-27-33-38-46-53-60-76(81)89-66-74(95-78(83)62-55-48-39-34-28-25-22-21-23-26-31-36-44-51-58-71(6)9-2)68-93-97(85,86)91-64-73(80)65-92-98(87,88)94-69-75(67-90-77(82)61-54-47-42-41-43-50-57-70(4)5)96-79(84)63-56-49-40-35-30-29-32-37-45-52-59-72(7)10-3/h70-75,80H,8-69H2,1-7H3,(H,85,86)(H,87,88)/t71?,72?,73-,74-,75-/m1/s1. The Kier molecular flexibility index (Phi) is 68.1. The molecule has 0 aromatic carbocycles. The van der Waals surface area contributed by atoms with Gasteiger partial charge in [0.05, 0.1) is 26.4 Å². The molecule has 0 rings (SSSR count). The fourth-order valence-corrected chi connectivity index (χ4v) is 13.6. The lowest BCUT2D eigenvalue weighted by atomic mass is 9.99. The third kappa shape index (κ3) is 69.8. The first-order chi connectivity index (χ1) is 47.3. The van der Waals surface area contributed by atoms with Crippen molar-refractivity contribution < 1.29 is 80.2 Å². The van der Waals surface area contributed by atoms with Crippen LogP contribution in [0, 0.1) is 17.8 Å². The molecule has 0 aliphatic carbocycles. The molecule has 19 heteroatoms. The van der Waals surface area contributed by atoms with Crippen LogP contribution >= 0.6 is 15.6 Å². The molecule has 0 saturated heterocycles. The summed E-state index contributed by atoms with van der Waals surface area (Å²) < 4.78 is 68.6. The number of hydrogen-bond donors (Lipinski definition) is 3. The van der Waals surface area contributed by atoms with Gasteiger partial charge in [0.2, 0.25) is 0 Å². The van der Waals surface area contributed by atoms with E-state index in [1.54, 1.807) is 0 Å². The molecule has 0 spiro atoms. The predicted molar refractivity (Wildman–Crippen MR) is 400 cm³/mol. The first-order valence-electron chi connectivity index (χ1n) is 40.9. The van der Waals surface area contributed by atoms with Gasteiger partial charge in [0.15, 0.2) is 12.2 Å². The van der Waals surface area contributed by atoms with Gasteiger partial charge in [-0.2, -0.15) is 0 Å². The Morgan fingerprint density at radius 1 is 0.296 bits per heavy atom. The second-order valence-corrected chi connectivity index (χ2v) is 32.3. The highest BCUT2D eigenvalue weighted by atomic mass is 31.2. The second-order valence-electron chi connectivity index (χ2n) is 29.4. The monoisotopic (exact) mass is 1440 g/mol. The Morgan fingerprint density at radius 2 is 0.520 bits per heavy atom. The third-order valence-electron chi connectivity index (χ3n) is 19.1. The van der Waals surface area contributed by atoms with Gasteiger partial charge in [-0.1, -0.05) is 357 Å². The second kappa shape index (κ2) is 69.4. The van der Waals surface area contributed by atoms with Crippen molar-refractivity contribution in [2.24, 2.45) is 17.8 Å². The summed E-state index contributed by atoms with van der Waals surface area (Å²) >= 11 is 0. The number of phosphoric acid groups is 2. The number of phosphoric ester groups is 2. The zero-order valence-corrected chi connectivity index (χ0v) is 66.0. The lowest BCUT2D eigenvalue weighted by molar-refractivity contribution is -0.161. The molecule has 0 heterocycles. The van der Waals surface area contributed by atoms with E-state index in [9.17, 15) is 43.2 Å². The first kappa shape index (κ1) is 96.1. The molecule has 0 aliphatic rings. The summed E-state index contributed by atoms with van der Waals surface area (Å²) in [6.45, 7) is 11.9. The number of hydrogen-bond acceptors (Lipinski definition) is 15. The highest BCUT2D eigenvalue weighted by molar-refractivity contribution is 7.47. The molecule has 0 aromatic rings. The van der Waals surface area contributed by atoms with Crippen LogP contribution in [0.5, 0.6) is 0 Å². The molecule has 4 unspecified atom stereocenters. The summed E-state index contributed by atoms with van der Waals surface area (Å²) in [4.78, 5) is 72.9. The minimum Gasteiger partial charge on any atom is -0.462 e. The van der Waals surface area contributed by atoms with E-state index in [-0.39, 0.29) is 25.7 Å². The largest absolute Gasteiger partial charge is 0.472 e. The minimum atomic E-state index is -4.96. The van der Waals surface area contributed by atoms with Crippen LogP contribution in [-0.4, -0.2) is 96.7 Å². The van der Waals surface area contributed by atoms with Gasteiger partial charge in [0.1, 0.15) is 19.3 Å². The Labute approximate surface area is 600 Å². The number of unbranched alkanes of at least 4 members (excludes halogenated alkanes) is 43. The van der Waals surface area contributed by atoms with E-state index >= 15 is 0 Å². The van der Waals surface area contributed by atoms with Gasteiger partial charge in [-0.25, -0.2) is 9.13 Å². The average molecular weight is 1440 g/mol. The predicted octanol–water partition coefficient (Wildman–Crippen LogP) is 23.4. The van der Waals surface area contributed by atoms with Crippen LogP contribution in [-0.2, 0) is 65.4 Å². The lowest BCUT2D eigenvalue weighted by Gasteiger charge is -2.21. The van der Waals surface area contributed by atoms with E-state index in [4.69, 9.17) is 37.0 Å². The Balaban J connectivity index is 5.24. The third-order valence-corrected chi connectivity index (χ3v) is 21.0. The van der Waals surface area contributed by atoms with Gasteiger partial charge < -0.3 is 33.8 Å². The van der Waals surface area contributed by atoms with E-state index in [1.807, 2.05) is 0 Å². The topological polar surface area (TPSA) is 237 Å². The van der Waals surface area contributed by atoms with E-state index in [0.717, 1.165) is 108 Å². The normalized spacial score (nSPS) is 14.6. The molecule has 3 N–H and O–H groups in total. The number of aliphatic hydroxyl groups is 1. The van der Waals surface area contributed by atoms with Crippen LogP contribution in [0.25, 0.3) is 0 Å². The van der Waals surface area contributed by atoms with Crippen LogP contribution in [0.15, 0.2) is 0 Å². The molecule has 7 atom stereocenters. The SMILES string of the molecule is CCCCCCCCCCCCCCCCCCCC(=O)OC[C@H](COP(=O)(O)OC[C@@H](O)COP(=O)(O)OC[C@@H](COC(=O)CCCCCCCCC(C)C)OC(=O)CCCCCCCCCCCCC(C)CC)OC(=O)CCCCCCCCCCCCCCCCC(C)CC. The van der Waals surface area contributed by atoms with E-state index in [0.29, 0.717) is 31.6 Å². The molecule has 0 radical (unpaired) electrons. The highest BCUT2D eigenvalue weighted by Crippen LogP contribution is 2.45. The number of carbonyl (C=O) groups excluding carboxylic acids is 4. The molecule has 0 amide bonds. The Bertz CT molecular complexity index is 1910.